The van der Waals surface area contributed by atoms with Gasteiger partial charge in [-0.2, -0.15) is 0 Å². The van der Waals surface area contributed by atoms with E-state index in [1.807, 2.05) is 0 Å². The highest BCUT2D eigenvalue weighted by Crippen LogP contribution is 2.38. The van der Waals surface area contributed by atoms with Crippen molar-refractivity contribution in [2.75, 3.05) is 19.1 Å². The van der Waals surface area contributed by atoms with Gasteiger partial charge in [0, 0.05) is 29.4 Å². The van der Waals surface area contributed by atoms with Gasteiger partial charge >= 0.3 is 11.8 Å². The SMILES string of the molecule is COc1cc2nccc(Oc3ccc(N(C(=O)C(N)=O)c4ccccc4)cc3F)c2cc1OC. The summed E-state index contributed by atoms with van der Waals surface area (Å²) in [7, 11) is 3.02. The molecule has 0 aliphatic heterocycles. The Labute approximate surface area is 194 Å². The number of fused-ring (bicyclic) bond motifs is 1. The fraction of sp³-hybridized carbons (Fsp3) is 0.0800. The lowest BCUT2D eigenvalue weighted by molar-refractivity contribution is -0.135. The number of benzene rings is 3. The van der Waals surface area contributed by atoms with E-state index >= 15 is 4.39 Å². The fourth-order valence-electron chi connectivity index (χ4n) is 3.44. The van der Waals surface area contributed by atoms with Gasteiger partial charge in [0.1, 0.15) is 5.75 Å². The zero-order valence-corrected chi connectivity index (χ0v) is 18.3. The fourth-order valence-corrected chi connectivity index (χ4v) is 3.44. The number of methoxy groups -OCH3 is 2. The maximum Gasteiger partial charge on any atom is 0.320 e. The third kappa shape index (κ3) is 4.31. The van der Waals surface area contributed by atoms with Gasteiger partial charge < -0.3 is 19.9 Å². The van der Waals surface area contributed by atoms with Crippen molar-refractivity contribution in [3.8, 4) is 23.0 Å². The minimum atomic E-state index is -1.17. The molecule has 0 bridgehead atoms. The highest BCUT2D eigenvalue weighted by Gasteiger charge is 2.24. The molecule has 4 rings (SSSR count). The molecule has 1 aromatic heterocycles. The van der Waals surface area contributed by atoms with E-state index in [-0.39, 0.29) is 11.4 Å². The van der Waals surface area contributed by atoms with E-state index in [2.05, 4.69) is 4.98 Å². The summed E-state index contributed by atoms with van der Waals surface area (Å²) in [6.45, 7) is 0. The molecule has 1 heterocycles. The van der Waals surface area contributed by atoms with Crippen molar-refractivity contribution >= 4 is 34.1 Å². The van der Waals surface area contributed by atoms with Gasteiger partial charge in [-0.1, -0.05) is 18.2 Å². The van der Waals surface area contributed by atoms with Crippen LogP contribution in [0.2, 0.25) is 0 Å². The molecular weight excluding hydrogens is 441 g/mol. The molecule has 2 N–H and O–H groups in total. The number of anilines is 2. The van der Waals surface area contributed by atoms with Crippen LogP contribution in [0.5, 0.6) is 23.0 Å². The highest BCUT2D eigenvalue weighted by molar-refractivity contribution is 6.41. The molecule has 4 aromatic rings. The molecule has 0 unspecified atom stereocenters. The Hall–Kier alpha value is -4.66. The zero-order chi connectivity index (χ0) is 24.2. The maximum absolute atomic E-state index is 15.1. The van der Waals surface area contributed by atoms with Crippen LogP contribution in [0.15, 0.2) is 72.9 Å². The Morgan fingerprint density at radius 3 is 2.21 bits per heavy atom. The van der Waals surface area contributed by atoms with Crippen LogP contribution in [-0.2, 0) is 9.59 Å². The molecule has 0 radical (unpaired) electrons. The van der Waals surface area contributed by atoms with E-state index in [4.69, 9.17) is 19.9 Å². The largest absolute Gasteiger partial charge is 0.493 e. The first-order valence-corrected chi connectivity index (χ1v) is 10.1. The molecule has 0 saturated heterocycles. The van der Waals surface area contributed by atoms with Crippen LogP contribution in [0.25, 0.3) is 10.9 Å². The predicted octanol–water partition coefficient (Wildman–Crippen LogP) is 4.33. The van der Waals surface area contributed by atoms with Gasteiger partial charge in [-0.05, 0) is 36.4 Å². The standard InChI is InChI=1S/C25H20FN3O5/c1-32-22-13-17-19(14-23(22)33-2)28-11-10-20(17)34-21-9-8-16(12-18(21)26)29(25(31)24(27)30)15-6-4-3-5-7-15/h3-14H,1-2H3,(H2,27,30). The average Bonchev–Trinajstić information content (AvgIpc) is 2.85. The molecule has 34 heavy (non-hydrogen) atoms. The number of nitrogens with zero attached hydrogens (tertiary/aromatic N) is 2. The van der Waals surface area contributed by atoms with Crippen molar-refractivity contribution in [2.24, 2.45) is 5.73 Å². The smallest absolute Gasteiger partial charge is 0.320 e. The molecule has 0 aliphatic rings. The lowest BCUT2D eigenvalue weighted by atomic mass is 10.1. The van der Waals surface area contributed by atoms with Crippen LogP contribution in [0.1, 0.15) is 0 Å². The number of hydrogen-bond acceptors (Lipinski definition) is 6. The number of ether oxygens (including phenoxy) is 3. The zero-order valence-electron chi connectivity index (χ0n) is 18.3. The monoisotopic (exact) mass is 461 g/mol. The number of carbonyl (C=O) groups excluding carboxylic acids is 2. The summed E-state index contributed by atoms with van der Waals surface area (Å²) in [6, 6.07) is 17.2. The van der Waals surface area contributed by atoms with E-state index < -0.39 is 17.6 Å². The minimum absolute atomic E-state index is 0.0921. The Bertz CT molecular complexity index is 1380. The second-order valence-corrected chi connectivity index (χ2v) is 7.09. The van der Waals surface area contributed by atoms with Crippen LogP contribution in [-0.4, -0.2) is 31.0 Å². The lowest BCUT2D eigenvalue weighted by Gasteiger charge is -2.22. The summed E-state index contributed by atoms with van der Waals surface area (Å²) < 4.78 is 31.6. The maximum atomic E-state index is 15.1. The summed E-state index contributed by atoms with van der Waals surface area (Å²) in [6.07, 6.45) is 1.53. The molecule has 0 aliphatic carbocycles. The number of hydrogen-bond donors (Lipinski definition) is 1. The number of carbonyl (C=O) groups is 2. The van der Waals surface area contributed by atoms with E-state index in [1.54, 1.807) is 48.5 Å². The number of primary amides is 1. The first-order chi connectivity index (χ1) is 16.4. The quantitative estimate of drug-likeness (QED) is 0.429. The molecule has 2 amide bonds. The van der Waals surface area contributed by atoms with Gasteiger partial charge in [0.2, 0.25) is 0 Å². The van der Waals surface area contributed by atoms with E-state index in [0.29, 0.717) is 33.8 Å². The number of aromatic nitrogens is 1. The van der Waals surface area contributed by atoms with Crippen molar-refractivity contribution in [1.29, 1.82) is 0 Å². The summed E-state index contributed by atoms with van der Waals surface area (Å²) >= 11 is 0. The van der Waals surface area contributed by atoms with Crippen LogP contribution in [0.4, 0.5) is 15.8 Å². The molecule has 172 valence electrons. The van der Waals surface area contributed by atoms with Crippen LogP contribution in [0.3, 0.4) is 0 Å². The van der Waals surface area contributed by atoms with Crippen LogP contribution < -0.4 is 24.8 Å². The Morgan fingerprint density at radius 2 is 1.56 bits per heavy atom. The normalized spacial score (nSPS) is 10.6. The van der Waals surface area contributed by atoms with Crippen LogP contribution in [0, 0.1) is 5.82 Å². The van der Waals surface area contributed by atoms with Crippen molar-refractivity contribution in [1.82, 2.24) is 4.98 Å². The number of halogens is 1. The second kappa shape index (κ2) is 9.45. The highest BCUT2D eigenvalue weighted by atomic mass is 19.1. The van der Waals surface area contributed by atoms with Crippen molar-refractivity contribution < 1.29 is 28.2 Å². The van der Waals surface area contributed by atoms with Gasteiger partial charge in [0.05, 0.1) is 25.4 Å². The van der Waals surface area contributed by atoms with Gasteiger partial charge in [0.15, 0.2) is 23.1 Å². The van der Waals surface area contributed by atoms with E-state index in [9.17, 15) is 9.59 Å². The summed E-state index contributed by atoms with van der Waals surface area (Å²) in [5.41, 5.74) is 6.25. The summed E-state index contributed by atoms with van der Waals surface area (Å²) in [5, 5.41) is 0.582. The van der Waals surface area contributed by atoms with Gasteiger partial charge in [-0.25, -0.2) is 4.39 Å². The number of pyridine rings is 1. The minimum Gasteiger partial charge on any atom is -0.493 e. The molecule has 0 spiro atoms. The van der Waals surface area contributed by atoms with E-state index in [0.717, 1.165) is 11.0 Å². The van der Waals surface area contributed by atoms with Crippen molar-refractivity contribution in [2.45, 2.75) is 0 Å². The van der Waals surface area contributed by atoms with Gasteiger partial charge in [0.25, 0.3) is 0 Å². The molecule has 8 nitrogen and oxygen atoms in total. The average molecular weight is 461 g/mol. The number of rotatable bonds is 6. The molecular formula is C25H20FN3O5. The summed E-state index contributed by atoms with van der Waals surface area (Å²) in [4.78, 5) is 29.4. The third-order valence-corrected chi connectivity index (χ3v) is 5.03. The number of para-hydroxylation sites is 1. The Balaban J connectivity index is 1.72. The van der Waals surface area contributed by atoms with Crippen molar-refractivity contribution in [3.63, 3.8) is 0 Å². The second-order valence-electron chi connectivity index (χ2n) is 7.09. The van der Waals surface area contributed by atoms with Crippen LogP contribution >= 0.6 is 0 Å². The Morgan fingerprint density at radius 1 is 0.853 bits per heavy atom. The first-order valence-electron chi connectivity index (χ1n) is 10.1. The molecule has 0 saturated carbocycles. The first kappa shape index (κ1) is 22.5. The molecule has 9 heteroatoms. The van der Waals surface area contributed by atoms with E-state index in [1.165, 1.54) is 32.5 Å². The van der Waals surface area contributed by atoms with Crippen molar-refractivity contribution in [3.05, 3.63) is 78.7 Å². The molecule has 3 aromatic carbocycles. The number of amides is 2. The molecule has 0 atom stereocenters. The topological polar surface area (TPSA) is 104 Å². The number of nitrogens with two attached hydrogens (primary N) is 1. The lowest BCUT2D eigenvalue weighted by Crippen LogP contribution is -2.37. The third-order valence-electron chi connectivity index (χ3n) is 5.03. The Kier molecular flexibility index (Phi) is 6.26. The summed E-state index contributed by atoms with van der Waals surface area (Å²) in [5.74, 6) is -1.71. The predicted molar refractivity (Wildman–Crippen MR) is 124 cm³/mol. The molecule has 0 fully saturated rings. The van der Waals surface area contributed by atoms with Gasteiger partial charge in [-0.15, -0.1) is 0 Å². The van der Waals surface area contributed by atoms with Gasteiger partial charge in [-0.3, -0.25) is 19.5 Å².